The van der Waals surface area contributed by atoms with Crippen LogP contribution in [-0.4, -0.2) is 36.6 Å². The van der Waals surface area contributed by atoms with E-state index in [9.17, 15) is 9.59 Å². The second-order valence-electron chi connectivity index (χ2n) is 4.57. The van der Waals surface area contributed by atoms with Gasteiger partial charge in [0.25, 0.3) is 0 Å². The lowest BCUT2D eigenvalue weighted by molar-refractivity contribution is -0.135. The first-order chi connectivity index (χ1) is 7.65. The van der Waals surface area contributed by atoms with Gasteiger partial charge in [0.2, 0.25) is 11.8 Å². The van der Waals surface area contributed by atoms with Crippen molar-refractivity contribution in [1.29, 1.82) is 0 Å². The lowest BCUT2D eigenvalue weighted by Gasteiger charge is -2.32. The quantitative estimate of drug-likeness (QED) is 0.648. The highest BCUT2D eigenvalue weighted by atomic mass is 16.5. The third-order valence-corrected chi connectivity index (χ3v) is 3.16. The molecule has 2 N–H and O–H groups in total. The maximum atomic E-state index is 11.5. The van der Waals surface area contributed by atoms with E-state index in [4.69, 9.17) is 4.74 Å². The number of rotatable bonds is 2. The van der Waals surface area contributed by atoms with E-state index in [1.54, 1.807) is 0 Å². The monoisotopic (exact) mass is 226 g/mol. The Morgan fingerprint density at radius 1 is 1.38 bits per heavy atom. The summed E-state index contributed by atoms with van der Waals surface area (Å²) >= 11 is 0. The van der Waals surface area contributed by atoms with Crippen LogP contribution < -0.4 is 10.6 Å². The first kappa shape index (κ1) is 11.5. The number of carbonyl (C=O) groups is 2. The largest absolute Gasteiger partial charge is 0.378 e. The van der Waals surface area contributed by atoms with Crippen LogP contribution in [0.25, 0.3) is 0 Å². The Labute approximate surface area is 94.9 Å². The maximum absolute atomic E-state index is 11.5. The fourth-order valence-electron chi connectivity index (χ4n) is 2.29. The third-order valence-electron chi connectivity index (χ3n) is 3.16. The Morgan fingerprint density at radius 3 is 2.88 bits per heavy atom. The molecule has 90 valence electrons. The number of ether oxygens (including phenoxy) is 1. The average Bonchev–Trinajstić information content (AvgIpc) is 2.22. The molecule has 2 aliphatic heterocycles. The van der Waals surface area contributed by atoms with Gasteiger partial charge in [-0.1, -0.05) is 0 Å². The van der Waals surface area contributed by atoms with E-state index in [1.165, 1.54) is 0 Å². The molecule has 2 saturated heterocycles. The molecule has 2 amide bonds. The zero-order chi connectivity index (χ0) is 11.5. The van der Waals surface area contributed by atoms with Crippen molar-refractivity contribution in [2.24, 2.45) is 0 Å². The highest BCUT2D eigenvalue weighted by molar-refractivity contribution is 6.00. The number of hydrogen-bond acceptors (Lipinski definition) is 4. The van der Waals surface area contributed by atoms with Crippen LogP contribution in [0, 0.1) is 0 Å². The summed E-state index contributed by atoms with van der Waals surface area (Å²) in [5.41, 5.74) is 0. The van der Waals surface area contributed by atoms with Gasteiger partial charge in [0, 0.05) is 19.1 Å². The van der Waals surface area contributed by atoms with Crippen molar-refractivity contribution >= 4 is 11.8 Å². The molecule has 0 aromatic rings. The molecule has 2 heterocycles. The van der Waals surface area contributed by atoms with Crippen molar-refractivity contribution in [2.75, 3.05) is 6.61 Å². The number of amides is 2. The molecule has 0 aromatic heterocycles. The Morgan fingerprint density at radius 2 is 2.19 bits per heavy atom. The number of carbonyl (C=O) groups excluding carboxylic acids is 2. The van der Waals surface area contributed by atoms with Gasteiger partial charge in [0.1, 0.15) is 0 Å². The zero-order valence-electron chi connectivity index (χ0n) is 9.49. The Hall–Kier alpha value is -0.940. The molecule has 0 spiro atoms. The van der Waals surface area contributed by atoms with E-state index in [0.717, 1.165) is 19.4 Å². The van der Waals surface area contributed by atoms with Crippen molar-refractivity contribution in [2.45, 2.75) is 50.8 Å². The molecule has 2 rings (SSSR count). The van der Waals surface area contributed by atoms with Crippen LogP contribution in [0.4, 0.5) is 0 Å². The molecule has 0 radical (unpaired) electrons. The van der Waals surface area contributed by atoms with Crippen molar-refractivity contribution in [3.05, 3.63) is 0 Å². The molecule has 2 fully saturated rings. The number of piperidine rings is 1. The summed E-state index contributed by atoms with van der Waals surface area (Å²) in [4.78, 5) is 22.5. The van der Waals surface area contributed by atoms with Gasteiger partial charge in [-0.15, -0.1) is 0 Å². The third kappa shape index (κ3) is 2.80. The van der Waals surface area contributed by atoms with Crippen molar-refractivity contribution < 1.29 is 14.3 Å². The van der Waals surface area contributed by atoms with Crippen LogP contribution in [0.5, 0.6) is 0 Å². The van der Waals surface area contributed by atoms with E-state index in [1.807, 2.05) is 6.92 Å². The van der Waals surface area contributed by atoms with Crippen LogP contribution in [0.15, 0.2) is 0 Å². The summed E-state index contributed by atoms with van der Waals surface area (Å²) in [5, 5.41) is 5.67. The highest BCUT2D eigenvalue weighted by Gasteiger charge is 2.29. The van der Waals surface area contributed by atoms with E-state index in [-0.39, 0.29) is 24.0 Å². The van der Waals surface area contributed by atoms with Gasteiger partial charge in [-0.05, 0) is 26.2 Å². The van der Waals surface area contributed by atoms with Crippen LogP contribution in [0.2, 0.25) is 0 Å². The Balaban J connectivity index is 1.84. The van der Waals surface area contributed by atoms with E-state index >= 15 is 0 Å². The van der Waals surface area contributed by atoms with E-state index in [0.29, 0.717) is 18.9 Å². The Bertz CT molecular complexity index is 293. The second-order valence-corrected chi connectivity index (χ2v) is 4.57. The smallest absolute Gasteiger partial charge is 0.243 e. The molecule has 2 aliphatic rings. The highest BCUT2D eigenvalue weighted by Crippen LogP contribution is 2.15. The summed E-state index contributed by atoms with van der Waals surface area (Å²) in [6.45, 7) is 2.78. The summed E-state index contributed by atoms with van der Waals surface area (Å²) in [6.07, 6.45) is 3.15. The van der Waals surface area contributed by atoms with Crippen molar-refractivity contribution in [1.82, 2.24) is 10.6 Å². The molecule has 0 aromatic carbocycles. The molecule has 3 unspecified atom stereocenters. The Kier molecular flexibility index (Phi) is 3.56. The maximum Gasteiger partial charge on any atom is 0.243 e. The minimum atomic E-state index is -0.215. The first-order valence-electron chi connectivity index (χ1n) is 5.86. The van der Waals surface area contributed by atoms with Crippen molar-refractivity contribution in [3.8, 4) is 0 Å². The normalized spacial score (nSPS) is 35.9. The summed E-state index contributed by atoms with van der Waals surface area (Å²) in [7, 11) is 0. The minimum absolute atomic E-state index is 0.164. The summed E-state index contributed by atoms with van der Waals surface area (Å²) in [6, 6.07) is 0.112. The van der Waals surface area contributed by atoms with Gasteiger partial charge in [-0.3, -0.25) is 14.9 Å². The van der Waals surface area contributed by atoms with Gasteiger partial charge < -0.3 is 10.1 Å². The van der Waals surface area contributed by atoms with Gasteiger partial charge >= 0.3 is 0 Å². The fourth-order valence-corrected chi connectivity index (χ4v) is 2.29. The predicted octanol–water partition coefficient (Wildman–Crippen LogP) is -0.0513. The molecule has 0 bridgehead atoms. The molecular formula is C11H18N2O3. The molecular weight excluding hydrogens is 208 g/mol. The van der Waals surface area contributed by atoms with E-state index < -0.39 is 0 Å². The lowest BCUT2D eigenvalue weighted by atomic mass is 10.00. The predicted molar refractivity (Wildman–Crippen MR) is 57.7 cm³/mol. The van der Waals surface area contributed by atoms with Crippen LogP contribution in [-0.2, 0) is 14.3 Å². The molecule has 5 nitrogen and oxygen atoms in total. The first-order valence-corrected chi connectivity index (χ1v) is 5.86. The SMILES string of the molecule is CC1CC(NC2CCC(=O)NC2=O)CCO1. The molecule has 0 saturated carbocycles. The standard InChI is InChI=1S/C11H18N2O3/c1-7-6-8(4-5-16-7)12-9-2-3-10(14)13-11(9)15/h7-9,12H,2-6H2,1H3,(H,13,14,15). The molecule has 0 aliphatic carbocycles. The minimum Gasteiger partial charge on any atom is -0.378 e. The summed E-state index contributed by atoms with van der Waals surface area (Å²) < 4.78 is 5.45. The average molecular weight is 226 g/mol. The fraction of sp³-hybridized carbons (Fsp3) is 0.818. The van der Waals surface area contributed by atoms with Gasteiger partial charge in [0.15, 0.2) is 0 Å². The van der Waals surface area contributed by atoms with Crippen LogP contribution in [0.3, 0.4) is 0 Å². The van der Waals surface area contributed by atoms with Crippen molar-refractivity contribution in [3.63, 3.8) is 0 Å². The van der Waals surface area contributed by atoms with Gasteiger partial charge in [-0.25, -0.2) is 0 Å². The summed E-state index contributed by atoms with van der Waals surface area (Å²) in [5.74, 6) is -0.348. The lowest BCUT2D eigenvalue weighted by Crippen LogP contribution is -2.54. The van der Waals surface area contributed by atoms with Crippen LogP contribution in [0.1, 0.15) is 32.6 Å². The van der Waals surface area contributed by atoms with Crippen LogP contribution >= 0.6 is 0 Å². The molecule has 3 atom stereocenters. The van der Waals surface area contributed by atoms with Gasteiger partial charge in [0.05, 0.1) is 12.1 Å². The second kappa shape index (κ2) is 4.93. The molecule has 16 heavy (non-hydrogen) atoms. The van der Waals surface area contributed by atoms with Gasteiger partial charge in [-0.2, -0.15) is 0 Å². The van der Waals surface area contributed by atoms with E-state index in [2.05, 4.69) is 10.6 Å². The molecule has 5 heteroatoms. The number of hydrogen-bond donors (Lipinski definition) is 2. The topological polar surface area (TPSA) is 67.4 Å². The number of nitrogens with one attached hydrogen (secondary N) is 2. The zero-order valence-corrected chi connectivity index (χ0v) is 9.49. The number of imide groups is 1.